The van der Waals surface area contributed by atoms with Gasteiger partial charge in [0.25, 0.3) is 0 Å². The number of ether oxygens (including phenoxy) is 1. The van der Waals surface area contributed by atoms with Crippen LogP contribution in [0.1, 0.15) is 39.5 Å². The lowest BCUT2D eigenvalue weighted by Gasteiger charge is -2.43. The summed E-state index contributed by atoms with van der Waals surface area (Å²) in [5.41, 5.74) is 6.73. The molecule has 0 atom stereocenters. The Bertz CT molecular complexity index is 241. The van der Waals surface area contributed by atoms with E-state index in [2.05, 4.69) is 18.7 Å². The van der Waals surface area contributed by atoms with Gasteiger partial charge in [-0.3, -0.25) is 0 Å². The molecule has 0 aromatic heterocycles. The van der Waals surface area contributed by atoms with Crippen LogP contribution in [0.4, 0.5) is 0 Å². The van der Waals surface area contributed by atoms with Gasteiger partial charge in [-0.25, -0.2) is 0 Å². The molecule has 2 aliphatic heterocycles. The minimum atomic E-state index is 0.396. The summed E-state index contributed by atoms with van der Waals surface area (Å²) < 4.78 is 5.47. The first-order valence-corrected chi connectivity index (χ1v) is 7.06. The van der Waals surface area contributed by atoms with Crippen molar-refractivity contribution < 1.29 is 4.74 Å². The number of likely N-dealkylation sites (tertiary alicyclic amines) is 1. The summed E-state index contributed by atoms with van der Waals surface area (Å²) in [7, 11) is 0. The van der Waals surface area contributed by atoms with Gasteiger partial charge in [-0.1, -0.05) is 13.8 Å². The Kier molecular flexibility index (Phi) is 4.11. The van der Waals surface area contributed by atoms with E-state index in [0.717, 1.165) is 19.8 Å². The van der Waals surface area contributed by atoms with Gasteiger partial charge in [0.05, 0.1) is 0 Å². The molecule has 100 valence electrons. The topological polar surface area (TPSA) is 38.5 Å². The second-order valence-corrected chi connectivity index (χ2v) is 6.71. The maximum atomic E-state index is 5.86. The zero-order chi connectivity index (χ0) is 12.4. The SMILES string of the molecule is CC1(CN)CCN(CC2(C)CCOCC2)CC1. The van der Waals surface area contributed by atoms with Gasteiger partial charge >= 0.3 is 0 Å². The Morgan fingerprint density at radius 1 is 1.00 bits per heavy atom. The van der Waals surface area contributed by atoms with Crippen LogP contribution in [0, 0.1) is 10.8 Å². The van der Waals surface area contributed by atoms with Crippen LogP contribution >= 0.6 is 0 Å². The molecule has 17 heavy (non-hydrogen) atoms. The monoisotopic (exact) mass is 240 g/mol. The molecule has 0 unspecified atom stereocenters. The second kappa shape index (κ2) is 5.25. The van der Waals surface area contributed by atoms with Crippen molar-refractivity contribution in [2.24, 2.45) is 16.6 Å². The minimum absolute atomic E-state index is 0.396. The van der Waals surface area contributed by atoms with E-state index in [1.807, 2.05) is 0 Å². The lowest BCUT2D eigenvalue weighted by molar-refractivity contribution is -0.00523. The van der Waals surface area contributed by atoms with Gasteiger partial charge in [-0.05, 0) is 56.1 Å². The molecule has 0 aromatic rings. The van der Waals surface area contributed by atoms with E-state index in [1.165, 1.54) is 45.3 Å². The van der Waals surface area contributed by atoms with Crippen LogP contribution in [0.15, 0.2) is 0 Å². The van der Waals surface area contributed by atoms with E-state index in [-0.39, 0.29) is 0 Å². The van der Waals surface area contributed by atoms with E-state index in [9.17, 15) is 0 Å². The van der Waals surface area contributed by atoms with Crippen LogP contribution in [0.3, 0.4) is 0 Å². The number of nitrogens with two attached hydrogens (primary N) is 1. The highest BCUT2D eigenvalue weighted by Crippen LogP contribution is 2.34. The number of piperidine rings is 1. The Balaban J connectivity index is 1.81. The molecule has 3 heteroatoms. The minimum Gasteiger partial charge on any atom is -0.381 e. The predicted molar refractivity (Wildman–Crippen MR) is 71.0 cm³/mol. The highest BCUT2D eigenvalue weighted by atomic mass is 16.5. The Hall–Kier alpha value is -0.120. The van der Waals surface area contributed by atoms with E-state index in [4.69, 9.17) is 10.5 Å². The second-order valence-electron chi connectivity index (χ2n) is 6.71. The third-order valence-electron chi connectivity index (χ3n) is 4.86. The Morgan fingerprint density at radius 3 is 2.12 bits per heavy atom. The zero-order valence-corrected chi connectivity index (χ0v) is 11.5. The van der Waals surface area contributed by atoms with E-state index in [1.54, 1.807) is 0 Å². The Morgan fingerprint density at radius 2 is 1.59 bits per heavy atom. The van der Waals surface area contributed by atoms with Gasteiger partial charge in [-0.2, -0.15) is 0 Å². The van der Waals surface area contributed by atoms with Gasteiger partial charge in [0.1, 0.15) is 0 Å². The number of rotatable bonds is 3. The van der Waals surface area contributed by atoms with E-state index in [0.29, 0.717) is 10.8 Å². The van der Waals surface area contributed by atoms with Crippen molar-refractivity contribution in [2.45, 2.75) is 39.5 Å². The first-order chi connectivity index (χ1) is 8.05. The van der Waals surface area contributed by atoms with Crippen molar-refractivity contribution in [1.29, 1.82) is 0 Å². The lowest BCUT2D eigenvalue weighted by atomic mass is 9.78. The summed E-state index contributed by atoms with van der Waals surface area (Å²) in [5, 5.41) is 0. The Labute approximate surface area is 106 Å². The van der Waals surface area contributed by atoms with Crippen LogP contribution in [-0.2, 0) is 4.74 Å². The molecule has 0 aromatic carbocycles. The molecule has 2 saturated heterocycles. The molecule has 0 saturated carbocycles. The molecule has 2 N–H and O–H groups in total. The number of hydrogen-bond donors (Lipinski definition) is 1. The van der Waals surface area contributed by atoms with Crippen LogP contribution in [0.5, 0.6) is 0 Å². The van der Waals surface area contributed by atoms with Crippen LogP contribution in [-0.4, -0.2) is 44.3 Å². The normalized spacial score (nSPS) is 29.1. The molecule has 0 bridgehead atoms. The number of hydrogen-bond acceptors (Lipinski definition) is 3. The first-order valence-electron chi connectivity index (χ1n) is 7.06. The van der Waals surface area contributed by atoms with Crippen molar-refractivity contribution in [2.75, 3.05) is 39.4 Å². The van der Waals surface area contributed by atoms with Crippen LogP contribution < -0.4 is 5.73 Å². The standard InChI is InChI=1S/C14H28N2O/c1-13(11-15)3-7-16(8-4-13)12-14(2)5-9-17-10-6-14/h3-12,15H2,1-2H3. The first kappa shape index (κ1) is 13.3. The van der Waals surface area contributed by atoms with Gasteiger partial charge in [0.2, 0.25) is 0 Å². The van der Waals surface area contributed by atoms with Crippen molar-refractivity contribution in [3.8, 4) is 0 Å². The highest BCUT2D eigenvalue weighted by molar-refractivity contribution is 4.87. The van der Waals surface area contributed by atoms with Crippen molar-refractivity contribution in [3.63, 3.8) is 0 Å². The molecular formula is C14H28N2O. The molecule has 0 amide bonds. The predicted octanol–water partition coefficient (Wildman–Crippen LogP) is 1.86. The zero-order valence-electron chi connectivity index (χ0n) is 11.5. The number of nitrogens with zero attached hydrogens (tertiary/aromatic N) is 1. The van der Waals surface area contributed by atoms with Crippen molar-refractivity contribution in [3.05, 3.63) is 0 Å². The fourth-order valence-corrected chi connectivity index (χ4v) is 3.02. The summed E-state index contributed by atoms with van der Waals surface area (Å²) in [4.78, 5) is 2.64. The fourth-order valence-electron chi connectivity index (χ4n) is 3.02. The van der Waals surface area contributed by atoms with Gasteiger partial charge in [0, 0.05) is 19.8 Å². The van der Waals surface area contributed by atoms with Gasteiger partial charge in [-0.15, -0.1) is 0 Å². The molecule has 2 fully saturated rings. The van der Waals surface area contributed by atoms with Gasteiger partial charge in [0.15, 0.2) is 0 Å². The van der Waals surface area contributed by atoms with E-state index < -0.39 is 0 Å². The van der Waals surface area contributed by atoms with Gasteiger partial charge < -0.3 is 15.4 Å². The van der Waals surface area contributed by atoms with E-state index >= 15 is 0 Å². The molecule has 2 rings (SSSR count). The summed E-state index contributed by atoms with van der Waals surface area (Å²) >= 11 is 0. The fraction of sp³-hybridized carbons (Fsp3) is 1.00. The van der Waals surface area contributed by atoms with Crippen molar-refractivity contribution in [1.82, 2.24) is 4.90 Å². The molecule has 3 nitrogen and oxygen atoms in total. The average Bonchev–Trinajstić information content (AvgIpc) is 2.33. The molecule has 0 spiro atoms. The molecular weight excluding hydrogens is 212 g/mol. The third kappa shape index (κ3) is 3.43. The quantitative estimate of drug-likeness (QED) is 0.818. The maximum Gasteiger partial charge on any atom is 0.0471 e. The largest absolute Gasteiger partial charge is 0.381 e. The lowest BCUT2D eigenvalue weighted by Crippen LogP contribution is -2.47. The average molecular weight is 240 g/mol. The van der Waals surface area contributed by atoms with Crippen LogP contribution in [0.2, 0.25) is 0 Å². The molecule has 0 aliphatic carbocycles. The summed E-state index contributed by atoms with van der Waals surface area (Å²) in [6.45, 7) is 11.2. The molecule has 2 heterocycles. The van der Waals surface area contributed by atoms with Crippen LogP contribution in [0.25, 0.3) is 0 Å². The summed E-state index contributed by atoms with van der Waals surface area (Å²) in [6.07, 6.45) is 4.96. The molecule has 2 aliphatic rings. The third-order valence-corrected chi connectivity index (χ3v) is 4.86. The maximum absolute atomic E-state index is 5.86. The van der Waals surface area contributed by atoms with Crippen molar-refractivity contribution >= 4 is 0 Å². The summed E-state index contributed by atoms with van der Waals surface area (Å²) in [6, 6.07) is 0. The molecule has 0 radical (unpaired) electrons. The summed E-state index contributed by atoms with van der Waals surface area (Å²) in [5.74, 6) is 0. The smallest absolute Gasteiger partial charge is 0.0471 e. The highest BCUT2D eigenvalue weighted by Gasteiger charge is 2.33.